The molecule has 1 saturated heterocycles. The number of benzene rings is 1. The number of fused-ring (bicyclic) bond motifs is 2. The average molecular weight is 392 g/mol. The van der Waals surface area contributed by atoms with Crippen LogP contribution in [0, 0.1) is 5.92 Å². The Balaban J connectivity index is 1.76. The van der Waals surface area contributed by atoms with Crippen molar-refractivity contribution in [3.05, 3.63) is 35.0 Å². The number of methoxy groups -OCH3 is 1. The van der Waals surface area contributed by atoms with Crippen LogP contribution in [0.4, 0.5) is 0 Å². The first-order valence-electron chi connectivity index (χ1n) is 8.42. The van der Waals surface area contributed by atoms with E-state index in [2.05, 4.69) is 4.98 Å². The Morgan fingerprint density at radius 2 is 2.19 bits per heavy atom. The number of aromatic nitrogens is 1. The Hall–Kier alpha value is -2.12. The third-order valence-corrected chi connectivity index (χ3v) is 6.48. The summed E-state index contributed by atoms with van der Waals surface area (Å²) < 4.78 is 5.25. The zero-order valence-electron chi connectivity index (χ0n) is 14.1. The molecule has 8 heteroatoms. The minimum Gasteiger partial charge on any atom is -0.473 e. The molecule has 26 heavy (non-hydrogen) atoms. The number of thiazole rings is 1. The maximum absolute atomic E-state index is 13.3. The second-order valence-electron chi connectivity index (χ2n) is 6.66. The van der Waals surface area contributed by atoms with Crippen LogP contribution in [-0.2, 0) is 4.79 Å². The molecule has 1 aromatic carbocycles. The van der Waals surface area contributed by atoms with E-state index in [0.29, 0.717) is 15.1 Å². The Morgan fingerprint density at radius 1 is 1.38 bits per heavy atom. The van der Waals surface area contributed by atoms with Gasteiger partial charge in [0.25, 0.3) is 11.1 Å². The molecule has 1 aliphatic heterocycles. The molecule has 0 radical (unpaired) electrons. The molecule has 2 amide bonds. The minimum atomic E-state index is -0.554. The summed E-state index contributed by atoms with van der Waals surface area (Å²) >= 11 is 7.39. The van der Waals surface area contributed by atoms with Crippen molar-refractivity contribution < 1.29 is 14.3 Å². The molecule has 4 rings (SSSR count). The van der Waals surface area contributed by atoms with E-state index in [1.165, 1.54) is 18.4 Å². The van der Waals surface area contributed by atoms with E-state index in [1.807, 2.05) is 12.1 Å². The number of nitrogens with two attached hydrogens (primary N) is 1. The molecular weight excluding hydrogens is 374 g/mol. The number of piperidine rings is 1. The van der Waals surface area contributed by atoms with Crippen molar-refractivity contribution in [2.75, 3.05) is 7.11 Å². The molecule has 1 saturated carbocycles. The van der Waals surface area contributed by atoms with Crippen LogP contribution in [0.3, 0.4) is 0 Å². The molecule has 2 N–H and O–H groups in total. The molecule has 1 aromatic heterocycles. The standard InChI is InChI=1S/C18H18ClN3O3S/c1-25-18-21-13(15(26-18)10-3-2-4-11(19)7-10)17(24)22-12-6-5-9(8-12)14(22)16(20)23/h2-4,7,9,12,14H,5-6,8H2,1H3,(H2,20,23)/t9-,12-,14+/m0/s1. The number of hydrogen-bond acceptors (Lipinski definition) is 5. The molecule has 3 atom stereocenters. The maximum atomic E-state index is 13.3. The van der Waals surface area contributed by atoms with Gasteiger partial charge >= 0.3 is 0 Å². The maximum Gasteiger partial charge on any atom is 0.275 e. The summed E-state index contributed by atoms with van der Waals surface area (Å²) in [6.07, 6.45) is 2.66. The second-order valence-corrected chi connectivity index (χ2v) is 8.06. The highest BCUT2D eigenvalue weighted by molar-refractivity contribution is 7.17. The Kier molecular flexibility index (Phi) is 4.36. The van der Waals surface area contributed by atoms with Crippen LogP contribution in [0.25, 0.3) is 10.4 Å². The van der Waals surface area contributed by atoms with Crippen molar-refractivity contribution in [2.45, 2.75) is 31.3 Å². The summed E-state index contributed by atoms with van der Waals surface area (Å²) in [5, 5.41) is 0.965. The van der Waals surface area contributed by atoms with Gasteiger partial charge in [-0.2, -0.15) is 4.98 Å². The summed E-state index contributed by atoms with van der Waals surface area (Å²) in [5.41, 5.74) is 6.68. The average Bonchev–Trinajstić information content (AvgIpc) is 3.34. The predicted octanol–water partition coefficient (Wildman–Crippen LogP) is 2.95. The summed E-state index contributed by atoms with van der Waals surface area (Å²) in [6, 6.07) is 6.74. The Morgan fingerprint density at radius 3 is 2.88 bits per heavy atom. The molecule has 2 bridgehead atoms. The van der Waals surface area contributed by atoms with Crippen LogP contribution in [-0.4, -0.2) is 40.9 Å². The molecule has 2 aromatic rings. The fourth-order valence-corrected chi connectivity index (χ4v) is 5.19. The van der Waals surface area contributed by atoms with Crippen LogP contribution >= 0.6 is 22.9 Å². The molecule has 1 aliphatic carbocycles. The number of halogens is 1. The van der Waals surface area contributed by atoms with E-state index in [0.717, 1.165) is 24.8 Å². The monoisotopic (exact) mass is 391 g/mol. The summed E-state index contributed by atoms with van der Waals surface area (Å²) in [7, 11) is 1.51. The van der Waals surface area contributed by atoms with Gasteiger partial charge < -0.3 is 15.4 Å². The van der Waals surface area contributed by atoms with Gasteiger partial charge in [-0.05, 0) is 42.9 Å². The summed E-state index contributed by atoms with van der Waals surface area (Å²) in [5.74, 6) is -0.566. The van der Waals surface area contributed by atoms with Gasteiger partial charge in [0.15, 0.2) is 5.69 Å². The van der Waals surface area contributed by atoms with E-state index in [4.69, 9.17) is 22.1 Å². The van der Waals surface area contributed by atoms with Gasteiger partial charge in [-0.3, -0.25) is 9.59 Å². The van der Waals surface area contributed by atoms with Gasteiger partial charge in [0, 0.05) is 11.1 Å². The zero-order chi connectivity index (χ0) is 18.4. The smallest absolute Gasteiger partial charge is 0.275 e. The number of ether oxygens (including phenoxy) is 1. The van der Waals surface area contributed by atoms with Gasteiger partial charge in [-0.1, -0.05) is 35.1 Å². The molecule has 2 heterocycles. The third kappa shape index (κ3) is 2.75. The van der Waals surface area contributed by atoms with E-state index >= 15 is 0 Å². The van der Waals surface area contributed by atoms with Crippen LogP contribution in [0.15, 0.2) is 24.3 Å². The number of rotatable bonds is 4. The van der Waals surface area contributed by atoms with Crippen molar-refractivity contribution in [3.63, 3.8) is 0 Å². The quantitative estimate of drug-likeness (QED) is 0.868. The van der Waals surface area contributed by atoms with Crippen molar-refractivity contribution >= 4 is 34.8 Å². The van der Waals surface area contributed by atoms with E-state index in [9.17, 15) is 9.59 Å². The van der Waals surface area contributed by atoms with Crippen molar-refractivity contribution in [1.82, 2.24) is 9.88 Å². The zero-order valence-corrected chi connectivity index (χ0v) is 15.7. The highest BCUT2D eigenvalue weighted by Gasteiger charge is 2.51. The van der Waals surface area contributed by atoms with Gasteiger partial charge in [-0.25, -0.2) is 0 Å². The summed E-state index contributed by atoms with van der Waals surface area (Å²) in [6.45, 7) is 0. The lowest BCUT2D eigenvalue weighted by molar-refractivity contribution is -0.123. The Labute approximate surface area is 159 Å². The largest absolute Gasteiger partial charge is 0.473 e. The first kappa shape index (κ1) is 17.3. The minimum absolute atomic E-state index is 0.0462. The van der Waals surface area contributed by atoms with E-state index in [1.54, 1.807) is 17.0 Å². The lowest BCUT2D eigenvalue weighted by Gasteiger charge is -2.33. The number of nitrogens with zero attached hydrogens (tertiary/aromatic N) is 2. The third-order valence-electron chi connectivity index (χ3n) is 5.18. The van der Waals surface area contributed by atoms with Crippen molar-refractivity contribution in [2.24, 2.45) is 11.7 Å². The highest BCUT2D eigenvalue weighted by atomic mass is 35.5. The van der Waals surface area contributed by atoms with Gasteiger partial charge in [0.05, 0.1) is 12.0 Å². The summed E-state index contributed by atoms with van der Waals surface area (Å²) in [4.78, 5) is 32.0. The van der Waals surface area contributed by atoms with Crippen molar-refractivity contribution in [3.8, 4) is 15.6 Å². The molecule has 2 fully saturated rings. The predicted molar refractivity (Wildman–Crippen MR) is 99.4 cm³/mol. The van der Waals surface area contributed by atoms with E-state index < -0.39 is 11.9 Å². The number of hydrogen-bond donors (Lipinski definition) is 1. The van der Waals surface area contributed by atoms with Crippen molar-refractivity contribution in [1.29, 1.82) is 0 Å². The lowest BCUT2D eigenvalue weighted by atomic mass is 9.97. The van der Waals surface area contributed by atoms with Gasteiger partial charge in [-0.15, -0.1) is 0 Å². The van der Waals surface area contributed by atoms with Crippen LogP contribution in [0.1, 0.15) is 29.8 Å². The second kappa shape index (κ2) is 6.55. The molecule has 0 unspecified atom stereocenters. The SMILES string of the molecule is COc1nc(C(=O)N2[C@H]3CC[C@@H](C3)[C@@H]2C(N)=O)c(-c2cccc(Cl)c2)s1. The fourth-order valence-electron chi connectivity index (χ4n) is 4.13. The normalized spacial score (nSPS) is 24.1. The van der Waals surface area contributed by atoms with Crippen LogP contribution < -0.4 is 10.5 Å². The topological polar surface area (TPSA) is 85.5 Å². The first-order chi connectivity index (χ1) is 12.5. The lowest BCUT2D eigenvalue weighted by Crippen LogP contribution is -2.51. The van der Waals surface area contributed by atoms with Crippen LogP contribution in [0.2, 0.25) is 5.02 Å². The van der Waals surface area contributed by atoms with Gasteiger partial charge in [0.1, 0.15) is 6.04 Å². The Bertz CT molecular complexity index is 884. The van der Waals surface area contributed by atoms with E-state index in [-0.39, 0.29) is 23.6 Å². The molecule has 0 spiro atoms. The molecule has 2 aliphatic rings. The van der Waals surface area contributed by atoms with Gasteiger partial charge in [0.2, 0.25) is 5.91 Å². The molecule has 136 valence electrons. The number of carbonyl (C=O) groups excluding carboxylic acids is 2. The number of amides is 2. The molecular formula is C18H18ClN3O3S. The number of carbonyl (C=O) groups is 2. The number of primary amides is 1. The number of likely N-dealkylation sites (tertiary alicyclic amines) is 1. The van der Waals surface area contributed by atoms with Crippen LogP contribution in [0.5, 0.6) is 5.19 Å². The highest BCUT2D eigenvalue weighted by Crippen LogP contribution is 2.44. The molecule has 6 nitrogen and oxygen atoms in total. The first-order valence-corrected chi connectivity index (χ1v) is 9.61. The fraction of sp³-hybridized carbons (Fsp3) is 0.389.